The topological polar surface area (TPSA) is 106 Å². The Labute approximate surface area is 206 Å². The fraction of sp³-hybridized carbons (Fsp3) is 0.231. The summed E-state index contributed by atoms with van der Waals surface area (Å²) in [5.41, 5.74) is 0.202. The van der Waals surface area contributed by atoms with Crippen molar-refractivity contribution in [3.05, 3.63) is 76.5 Å². The number of sulfonamides is 1. The molecule has 0 atom stereocenters. The molecule has 1 aliphatic rings. The van der Waals surface area contributed by atoms with E-state index in [1.165, 1.54) is 55.8 Å². The molecule has 1 fully saturated rings. The van der Waals surface area contributed by atoms with Gasteiger partial charge < -0.3 is 14.2 Å². The molecular formula is C26H22FN3O5S. The second-order valence-corrected chi connectivity index (χ2v) is 10.2. The summed E-state index contributed by atoms with van der Waals surface area (Å²) in [6, 6.07) is 10.9. The number of rotatable bonds is 5. The van der Waals surface area contributed by atoms with Crippen molar-refractivity contribution in [3.63, 3.8) is 0 Å². The Morgan fingerprint density at radius 2 is 1.94 bits per heavy atom. The number of fused-ring (bicyclic) bond motifs is 1. The van der Waals surface area contributed by atoms with Crippen molar-refractivity contribution in [2.75, 3.05) is 11.4 Å². The zero-order valence-corrected chi connectivity index (χ0v) is 20.1. The highest BCUT2D eigenvalue weighted by Crippen LogP contribution is 2.39. The van der Waals surface area contributed by atoms with E-state index in [1.807, 2.05) is 0 Å². The van der Waals surface area contributed by atoms with Gasteiger partial charge in [0.15, 0.2) is 5.82 Å². The predicted molar refractivity (Wildman–Crippen MR) is 132 cm³/mol. The summed E-state index contributed by atoms with van der Waals surface area (Å²) in [6.07, 6.45) is 5.41. The van der Waals surface area contributed by atoms with Gasteiger partial charge in [-0.15, -0.1) is 0 Å². The molecule has 4 aromatic rings. The highest BCUT2D eigenvalue weighted by atomic mass is 32.2. The second-order valence-electron chi connectivity index (χ2n) is 8.45. The maximum atomic E-state index is 15.2. The minimum atomic E-state index is -4.33. The van der Waals surface area contributed by atoms with Gasteiger partial charge in [-0.05, 0) is 42.5 Å². The van der Waals surface area contributed by atoms with Crippen LogP contribution >= 0.6 is 0 Å². The largest absolute Gasteiger partial charge is 0.494 e. The molecule has 8 nitrogen and oxygen atoms in total. The molecule has 0 saturated heterocycles. The number of H-pyrrole nitrogens is 1. The minimum absolute atomic E-state index is 0.0842. The quantitative estimate of drug-likeness (QED) is 0.392. The number of hydrogen-bond acceptors (Lipinski definition) is 6. The van der Waals surface area contributed by atoms with E-state index in [4.69, 9.17) is 9.26 Å². The number of aromatic amines is 1. The summed E-state index contributed by atoms with van der Waals surface area (Å²) in [6.45, 7) is 0. The number of methoxy groups -OCH3 is 1. The number of nitrogens with one attached hydrogen (secondary N) is 1. The van der Waals surface area contributed by atoms with E-state index in [0.29, 0.717) is 10.9 Å². The zero-order chi connectivity index (χ0) is 25.3. The first-order valence-electron chi connectivity index (χ1n) is 11.3. The van der Waals surface area contributed by atoms with Gasteiger partial charge >= 0.3 is 0 Å². The number of nitrogens with zero attached hydrogens (tertiary/aromatic N) is 2. The summed E-state index contributed by atoms with van der Waals surface area (Å²) in [4.78, 5) is 14.2. The fourth-order valence-corrected chi connectivity index (χ4v) is 5.76. The standard InChI is InChI=1S/C26H22FN3O5S/c1-34-24-15-18(7-6-17-4-2-3-5-17)21(27)16-23(24)30(25-12-13-35-29-25)36(32,33)20-9-10-22-19(14-20)8-11-26(31)28-22/h8-17H,2-5H2,1H3,(H,28,31). The Bertz CT molecular complexity index is 1650. The number of benzene rings is 2. The normalized spacial score (nSPS) is 13.9. The summed E-state index contributed by atoms with van der Waals surface area (Å²) in [7, 11) is -2.96. The lowest BCUT2D eigenvalue weighted by atomic mass is 10.1. The lowest BCUT2D eigenvalue weighted by Gasteiger charge is -2.24. The third kappa shape index (κ3) is 4.45. The Balaban J connectivity index is 1.63. The average Bonchev–Trinajstić information content (AvgIpc) is 3.58. The van der Waals surface area contributed by atoms with Crippen LogP contribution in [0.3, 0.4) is 0 Å². The van der Waals surface area contributed by atoms with Gasteiger partial charge in [0.1, 0.15) is 23.5 Å². The van der Waals surface area contributed by atoms with Crippen LogP contribution in [0.2, 0.25) is 0 Å². The molecule has 2 heterocycles. The van der Waals surface area contributed by atoms with Gasteiger partial charge in [-0.1, -0.05) is 29.8 Å². The molecule has 0 bridgehead atoms. The number of halogens is 1. The van der Waals surface area contributed by atoms with Gasteiger partial charge in [-0.3, -0.25) is 4.79 Å². The smallest absolute Gasteiger partial charge is 0.270 e. The molecule has 2 aromatic carbocycles. The highest BCUT2D eigenvalue weighted by molar-refractivity contribution is 7.93. The maximum absolute atomic E-state index is 15.2. The number of aromatic nitrogens is 2. The van der Waals surface area contributed by atoms with Gasteiger partial charge in [0.05, 0.1) is 17.6 Å². The van der Waals surface area contributed by atoms with Crippen molar-refractivity contribution in [1.82, 2.24) is 10.1 Å². The van der Waals surface area contributed by atoms with Crippen molar-refractivity contribution in [3.8, 4) is 17.6 Å². The summed E-state index contributed by atoms with van der Waals surface area (Å²) in [5.74, 6) is 5.56. The van der Waals surface area contributed by atoms with E-state index in [9.17, 15) is 13.2 Å². The van der Waals surface area contributed by atoms with Crippen molar-refractivity contribution < 1.29 is 22.1 Å². The van der Waals surface area contributed by atoms with Crippen LogP contribution in [0.5, 0.6) is 5.75 Å². The molecule has 1 aliphatic carbocycles. The van der Waals surface area contributed by atoms with Crippen LogP contribution < -0.4 is 14.6 Å². The van der Waals surface area contributed by atoms with E-state index in [-0.39, 0.29) is 39.2 Å². The van der Waals surface area contributed by atoms with Crippen LogP contribution in [0.1, 0.15) is 31.2 Å². The van der Waals surface area contributed by atoms with Gasteiger partial charge in [-0.25, -0.2) is 17.1 Å². The molecule has 36 heavy (non-hydrogen) atoms. The van der Waals surface area contributed by atoms with Crippen LogP contribution in [0, 0.1) is 23.6 Å². The third-order valence-corrected chi connectivity index (χ3v) is 7.83. The molecule has 5 rings (SSSR count). The Hall–Kier alpha value is -4.10. The van der Waals surface area contributed by atoms with Gasteiger partial charge in [0.2, 0.25) is 5.56 Å². The van der Waals surface area contributed by atoms with E-state index in [1.54, 1.807) is 0 Å². The molecule has 0 radical (unpaired) electrons. The Morgan fingerprint density at radius 3 is 2.67 bits per heavy atom. The summed E-state index contributed by atoms with van der Waals surface area (Å²) < 4.78 is 54.2. The van der Waals surface area contributed by atoms with E-state index in [0.717, 1.165) is 36.1 Å². The number of ether oxygens (including phenoxy) is 1. The number of hydrogen-bond donors (Lipinski definition) is 1. The number of anilines is 2. The van der Waals surface area contributed by atoms with Crippen molar-refractivity contribution in [2.24, 2.45) is 5.92 Å². The lowest BCUT2D eigenvalue weighted by Crippen LogP contribution is -2.27. The SMILES string of the molecule is COc1cc(C#CC2CCCC2)c(F)cc1N(c1ccon1)S(=O)(=O)c1ccc2[nH]c(=O)ccc2c1. The van der Waals surface area contributed by atoms with Crippen molar-refractivity contribution in [1.29, 1.82) is 0 Å². The summed E-state index contributed by atoms with van der Waals surface area (Å²) in [5, 5.41) is 4.30. The molecule has 0 unspecified atom stereocenters. The molecule has 10 heteroatoms. The highest BCUT2D eigenvalue weighted by Gasteiger charge is 2.32. The van der Waals surface area contributed by atoms with Gasteiger partial charge in [0.25, 0.3) is 10.0 Å². The van der Waals surface area contributed by atoms with Crippen molar-refractivity contribution in [2.45, 2.75) is 30.6 Å². The third-order valence-electron chi connectivity index (χ3n) is 6.12. The summed E-state index contributed by atoms with van der Waals surface area (Å²) >= 11 is 0. The predicted octanol–water partition coefficient (Wildman–Crippen LogP) is 4.73. The molecule has 0 amide bonds. The molecule has 0 spiro atoms. The molecule has 0 aliphatic heterocycles. The van der Waals surface area contributed by atoms with E-state index >= 15 is 4.39 Å². The lowest BCUT2D eigenvalue weighted by molar-refractivity contribution is 0.413. The number of pyridine rings is 1. The van der Waals surface area contributed by atoms with Crippen LogP contribution in [-0.4, -0.2) is 25.7 Å². The van der Waals surface area contributed by atoms with Crippen LogP contribution in [0.15, 0.2) is 69.0 Å². The first-order valence-corrected chi connectivity index (χ1v) is 12.8. The minimum Gasteiger partial charge on any atom is -0.494 e. The van der Waals surface area contributed by atoms with Crippen LogP contribution in [0.25, 0.3) is 10.9 Å². The van der Waals surface area contributed by atoms with Gasteiger partial charge in [0, 0.05) is 35.7 Å². The fourth-order valence-electron chi connectivity index (χ4n) is 4.30. The van der Waals surface area contributed by atoms with E-state index in [2.05, 4.69) is 22.0 Å². The molecule has 1 N–H and O–H groups in total. The Kier molecular flexibility index (Phi) is 6.24. The van der Waals surface area contributed by atoms with Crippen LogP contribution in [0.4, 0.5) is 15.9 Å². The van der Waals surface area contributed by atoms with Crippen LogP contribution in [-0.2, 0) is 10.0 Å². The molecule has 2 aromatic heterocycles. The van der Waals surface area contributed by atoms with Crippen molar-refractivity contribution >= 4 is 32.4 Å². The first-order chi connectivity index (χ1) is 17.4. The maximum Gasteiger partial charge on any atom is 0.270 e. The van der Waals surface area contributed by atoms with E-state index < -0.39 is 15.8 Å². The monoisotopic (exact) mass is 507 g/mol. The zero-order valence-electron chi connectivity index (χ0n) is 19.3. The Morgan fingerprint density at radius 1 is 1.14 bits per heavy atom. The first kappa shape index (κ1) is 23.6. The average molecular weight is 508 g/mol. The molecule has 1 saturated carbocycles. The van der Waals surface area contributed by atoms with Gasteiger partial charge in [-0.2, -0.15) is 0 Å². The molecular weight excluding hydrogens is 485 g/mol. The molecule has 184 valence electrons. The second kappa shape index (κ2) is 9.51.